The number of methoxy groups -OCH3 is 2. The lowest BCUT2D eigenvalue weighted by Gasteiger charge is -2.67. The maximum absolute atomic E-state index is 15.6. The molecule has 0 aromatic heterocycles. The number of esters is 2. The lowest BCUT2D eigenvalue weighted by molar-refractivity contribution is -0.343. The number of rotatable bonds is 15. The van der Waals surface area contributed by atoms with E-state index in [0.29, 0.717) is 16.9 Å². The topological polar surface area (TPSA) is 234 Å². The number of carbonyl (C=O) groups excluding carboxylic acids is 5. The molecule has 1 amide bonds. The largest absolute Gasteiger partial charge is 0.497 e. The van der Waals surface area contributed by atoms with E-state index in [0.717, 1.165) is 0 Å². The molecular weight excluding hydrogens is 871 g/mol. The number of hydrogen-bond acceptors (Lipinski definition) is 17. The van der Waals surface area contributed by atoms with E-state index < -0.39 is 112 Å². The highest BCUT2D eigenvalue weighted by atomic mass is 33.1. The minimum atomic E-state index is -2.31. The lowest BCUT2D eigenvalue weighted by atomic mass is 9.44. The Morgan fingerprint density at radius 2 is 1.73 bits per heavy atom. The van der Waals surface area contributed by atoms with Crippen LogP contribution in [0.15, 0.2) is 41.0 Å². The maximum atomic E-state index is 15.6. The summed E-state index contributed by atoms with van der Waals surface area (Å²) in [4.78, 5) is 71.3. The summed E-state index contributed by atoms with van der Waals surface area (Å²) in [5, 5.41) is 52.8. The van der Waals surface area contributed by atoms with Gasteiger partial charge in [-0.25, -0.2) is 9.59 Å². The molecule has 1 aliphatic heterocycles. The van der Waals surface area contributed by atoms with Crippen LogP contribution in [-0.2, 0) is 33.3 Å². The van der Waals surface area contributed by atoms with Crippen LogP contribution in [0, 0.1) is 22.7 Å². The molecule has 1 heterocycles. The van der Waals surface area contributed by atoms with Gasteiger partial charge < -0.3 is 54.2 Å². The van der Waals surface area contributed by atoms with Gasteiger partial charge in [0.1, 0.15) is 46.1 Å². The average molecular weight is 936 g/mol. The third kappa shape index (κ3) is 9.61. The molecule has 4 aliphatic rings. The van der Waals surface area contributed by atoms with Crippen LogP contribution in [0.3, 0.4) is 0 Å². The first-order valence-corrected chi connectivity index (χ1v) is 24.1. The van der Waals surface area contributed by atoms with Crippen molar-refractivity contribution in [2.45, 2.75) is 141 Å². The Bertz CT molecular complexity index is 2040. The van der Waals surface area contributed by atoms with E-state index in [1.54, 1.807) is 61.5 Å². The van der Waals surface area contributed by atoms with Gasteiger partial charge in [0, 0.05) is 29.9 Å². The normalized spacial score (nSPS) is 31.6. The van der Waals surface area contributed by atoms with E-state index in [9.17, 15) is 39.6 Å². The Morgan fingerprint density at radius 3 is 2.30 bits per heavy atom. The molecule has 5 rings (SSSR count). The Morgan fingerprint density at radius 1 is 1.06 bits per heavy atom. The van der Waals surface area contributed by atoms with Gasteiger partial charge in [0.25, 0.3) is 0 Å². The quantitative estimate of drug-likeness (QED) is 0.0517. The predicted molar refractivity (Wildman–Crippen MR) is 239 cm³/mol. The van der Waals surface area contributed by atoms with Gasteiger partial charge in [-0.1, -0.05) is 52.7 Å². The Labute approximate surface area is 382 Å². The standard InChI is InChI=1S/C46H65NO15S2/c1-23(2)17-28(47-41(54)62-42(4,5)6)35(51)29(48)18-25-21-46(56)39(61-40(53)27-19-26(57-10)13-14-30(27)58-11)37-44(9,31(49)20-32-45(37,55)22-59-32)38(52)36(34(24(25)3)43(46,7)8)60-33(50)15-16-64-63-12/h13-14,17,19,25,28,31-32,35-37,39,49,51,55-56H,15-16,18,20-22H2,1-12H3,(H,47,54)/t25-,28-,31-,32+,35+,36+,37-,39-,44+,45-,46+/m0/s1. The van der Waals surface area contributed by atoms with Crippen LogP contribution in [0.5, 0.6) is 11.5 Å². The molecular formula is C46H65NO15S2. The van der Waals surface area contributed by atoms with Gasteiger partial charge in [-0.3, -0.25) is 14.4 Å². The highest BCUT2D eigenvalue weighted by Crippen LogP contribution is 2.64. The molecule has 1 aromatic carbocycles. The van der Waals surface area contributed by atoms with Crippen molar-refractivity contribution >= 4 is 51.2 Å². The molecule has 0 spiro atoms. The van der Waals surface area contributed by atoms with Gasteiger partial charge in [0.05, 0.1) is 50.9 Å². The molecule has 16 nitrogen and oxygen atoms in total. The van der Waals surface area contributed by atoms with Crippen LogP contribution in [0.25, 0.3) is 0 Å². The second-order valence-electron chi connectivity index (χ2n) is 19.2. The molecule has 0 unspecified atom stereocenters. The lowest BCUT2D eigenvalue weighted by Crippen LogP contribution is -2.81. The zero-order chi connectivity index (χ0) is 47.9. The molecule has 2 saturated carbocycles. The number of amides is 1. The number of hydrogen-bond donors (Lipinski definition) is 5. The van der Waals surface area contributed by atoms with Crippen LogP contribution in [0.4, 0.5) is 4.79 Å². The molecule has 1 aromatic rings. The summed E-state index contributed by atoms with van der Waals surface area (Å²) < 4.78 is 34.7. The molecule has 3 fully saturated rings. The molecule has 356 valence electrons. The summed E-state index contributed by atoms with van der Waals surface area (Å²) in [5.74, 6) is -5.23. The van der Waals surface area contributed by atoms with Crippen molar-refractivity contribution in [1.29, 1.82) is 0 Å². The summed E-state index contributed by atoms with van der Waals surface area (Å²) >= 11 is 0. The Hall–Kier alpha value is -3.65. The summed E-state index contributed by atoms with van der Waals surface area (Å²) in [5.41, 5.74) is -7.78. The van der Waals surface area contributed by atoms with Gasteiger partial charge in [-0.15, -0.1) is 0 Å². The number of aliphatic hydroxyl groups excluding tert-OH is 2. The number of benzene rings is 1. The van der Waals surface area contributed by atoms with E-state index in [-0.39, 0.29) is 48.5 Å². The molecule has 0 radical (unpaired) electrons. The maximum Gasteiger partial charge on any atom is 0.408 e. The Balaban J connectivity index is 1.73. The van der Waals surface area contributed by atoms with Crippen molar-refractivity contribution in [3.05, 3.63) is 46.6 Å². The van der Waals surface area contributed by atoms with Crippen molar-refractivity contribution in [1.82, 2.24) is 5.32 Å². The fourth-order valence-corrected chi connectivity index (χ4v) is 11.2. The van der Waals surface area contributed by atoms with E-state index in [1.165, 1.54) is 60.9 Å². The van der Waals surface area contributed by atoms with E-state index in [2.05, 4.69) is 5.32 Å². The molecule has 18 heteroatoms. The molecule has 3 aliphatic carbocycles. The van der Waals surface area contributed by atoms with Crippen LogP contribution >= 0.6 is 21.6 Å². The number of ether oxygens (including phenoxy) is 6. The SMILES string of the molecule is COc1ccc(OC)c(C(=O)O[C@H]2[C@@H]3[C@]4(O)CO[C@@H]4C[C@H](O)[C@@]3(C)C(=O)[C@H](OC(=O)CCSSC)C3=C(C)[C@@H](CC(=O)[C@H](O)[C@H](C=C(C)C)NC(=O)OC(C)(C)C)C[C@]2(O)C3(C)C)c1. The minimum Gasteiger partial charge on any atom is -0.497 e. The number of aliphatic hydroxyl groups is 4. The van der Waals surface area contributed by atoms with Crippen LogP contribution in [-0.4, -0.2) is 136 Å². The van der Waals surface area contributed by atoms with Crippen molar-refractivity contribution in [2.75, 3.05) is 32.8 Å². The van der Waals surface area contributed by atoms with E-state index >= 15 is 4.79 Å². The number of carbonyl (C=O) groups is 5. The molecule has 5 N–H and O–H groups in total. The summed E-state index contributed by atoms with van der Waals surface area (Å²) in [6, 6.07) is 3.20. The van der Waals surface area contributed by atoms with Crippen LogP contribution in [0.2, 0.25) is 0 Å². The number of ketones is 2. The van der Waals surface area contributed by atoms with Gasteiger partial charge in [-0.2, -0.15) is 0 Å². The Kier molecular flexibility index (Phi) is 15.5. The fraction of sp³-hybridized carbons (Fsp3) is 0.674. The summed E-state index contributed by atoms with van der Waals surface area (Å²) in [6.07, 6.45) is -6.62. The number of fused-ring (bicyclic) bond motifs is 5. The van der Waals surface area contributed by atoms with E-state index in [4.69, 9.17) is 28.4 Å². The predicted octanol–water partition coefficient (Wildman–Crippen LogP) is 4.92. The molecule has 11 atom stereocenters. The summed E-state index contributed by atoms with van der Waals surface area (Å²) in [7, 11) is 5.60. The van der Waals surface area contributed by atoms with Crippen molar-refractivity contribution < 1.29 is 72.8 Å². The second kappa shape index (κ2) is 19.3. The third-order valence-electron chi connectivity index (χ3n) is 13.5. The summed E-state index contributed by atoms with van der Waals surface area (Å²) in [6.45, 7) is 14.4. The van der Waals surface area contributed by atoms with E-state index in [1.807, 2.05) is 6.26 Å². The van der Waals surface area contributed by atoms with Gasteiger partial charge >= 0.3 is 18.0 Å². The first-order valence-electron chi connectivity index (χ1n) is 21.3. The minimum absolute atomic E-state index is 0.0871. The number of Topliss-reactive ketones (excluding diaryl/α,β-unsaturated/α-hetero) is 2. The third-order valence-corrected chi connectivity index (χ3v) is 15.3. The molecule has 2 bridgehead atoms. The molecule has 1 saturated heterocycles. The van der Waals surface area contributed by atoms with Crippen molar-refractivity contribution in [3.63, 3.8) is 0 Å². The zero-order valence-corrected chi connectivity index (χ0v) is 40.4. The highest BCUT2D eigenvalue weighted by Gasteiger charge is 2.76. The number of alkyl carbamates (subject to hydrolysis) is 1. The molecule has 64 heavy (non-hydrogen) atoms. The number of allylic oxidation sites excluding steroid dienone is 2. The van der Waals surface area contributed by atoms with Crippen molar-refractivity contribution in [3.8, 4) is 11.5 Å². The second-order valence-corrected chi connectivity index (χ2v) is 21.9. The van der Waals surface area contributed by atoms with Gasteiger partial charge in [0.2, 0.25) is 0 Å². The van der Waals surface area contributed by atoms with Crippen molar-refractivity contribution in [2.24, 2.45) is 22.7 Å². The van der Waals surface area contributed by atoms with Crippen LogP contribution in [0.1, 0.15) is 98.4 Å². The smallest absolute Gasteiger partial charge is 0.408 e. The first-order chi connectivity index (χ1) is 29.7. The van der Waals surface area contributed by atoms with Crippen LogP contribution < -0.4 is 14.8 Å². The zero-order valence-electron chi connectivity index (χ0n) is 38.8. The van der Waals surface area contributed by atoms with Gasteiger partial charge in [-0.05, 0) is 90.8 Å². The average Bonchev–Trinajstić information content (AvgIpc) is 3.20. The highest BCUT2D eigenvalue weighted by molar-refractivity contribution is 8.76. The fourth-order valence-electron chi connectivity index (χ4n) is 10.1. The van der Waals surface area contributed by atoms with Gasteiger partial charge in [0.15, 0.2) is 17.7 Å². The number of nitrogens with one attached hydrogen (secondary N) is 1. The first kappa shape index (κ1) is 51.3. The monoisotopic (exact) mass is 935 g/mol.